The Morgan fingerprint density at radius 2 is 0.980 bits per heavy atom. The second-order valence-electron chi connectivity index (χ2n) is 13.0. The highest BCUT2D eigenvalue weighted by atomic mass is 15.2. The van der Waals surface area contributed by atoms with Gasteiger partial charge in [0.05, 0.1) is 44.3 Å². The topological polar surface area (TPSA) is 52.9 Å². The van der Waals surface area contributed by atoms with E-state index in [0.29, 0.717) is 5.95 Å². The third-order valence-electron chi connectivity index (χ3n) is 10.1. The van der Waals surface area contributed by atoms with E-state index in [0.717, 1.165) is 88.6 Å². The normalized spacial score (nSPS) is 11.9. The number of rotatable bonds is 4. The molecule has 0 aliphatic heterocycles. The van der Waals surface area contributed by atoms with Gasteiger partial charge in [0.15, 0.2) is 0 Å². The summed E-state index contributed by atoms with van der Waals surface area (Å²) in [5.74, 6) is 1.56. The van der Waals surface area contributed by atoms with Crippen molar-refractivity contribution in [3.05, 3.63) is 170 Å². The van der Waals surface area contributed by atoms with E-state index in [2.05, 4.69) is 153 Å². The molecule has 11 aromatic rings. The van der Waals surface area contributed by atoms with Gasteiger partial charge in [0, 0.05) is 27.4 Å². The summed E-state index contributed by atoms with van der Waals surface area (Å²) in [6, 6.07) is 59.5. The van der Waals surface area contributed by atoms with Crippen molar-refractivity contribution in [3.63, 3.8) is 0 Å². The zero-order valence-corrected chi connectivity index (χ0v) is 27.3. The third-order valence-corrected chi connectivity index (χ3v) is 10.1. The lowest BCUT2D eigenvalue weighted by Gasteiger charge is -2.12. The summed E-state index contributed by atoms with van der Waals surface area (Å²) < 4.78 is 6.74. The first-order valence-corrected chi connectivity index (χ1v) is 17.1. The minimum absolute atomic E-state index is 0.657. The molecule has 0 aliphatic carbocycles. The Morgan fingerprint density at radius 3 is 1.80 bits per heavy atom. The van der Waals surface area contributed by atoms with E-state index >= 15 is 0 Å². The Morgan fingerprint density at radius 1 is 0.353 bits per heavy atom. The molecule has 0 N–H and O–H groups in total. The zero-order valence-electron chi connectivity index (χ0n) is 27.3. The van der Waals surface area contributed by atoms with Crippen LogP contribution >= 0.6 is 0 Å². The van der Waals surface area contributed by atoms with Crippen LogP contribution in [0.5, 0.6) is 0 Å². The molecule has 51 heavy (non-hydrogen) atoms. The van der Waals surface area contributed by atoms with Crippen molar-refractivity contribution < 1.29 is 0 Å². The van der Waals surface area contributed by atoms with Crippen LogP contribution in [-0.4, -0.2) is 28.5 Å². The minimum Gasteiger partial charge on any atom is -0.278 e. The van der Waals surface area contributed by atoms with Crippen molar-refractivity contribution >= 4 is 60.6 Å². The van der Waals surface area contributed by atoms with E-state index in [1.165, 1.54) is 0 Å². The maximum Gasteiger partial charge on any atom is 0.235 e. The molecule has 0 saturated heterocycles. The van der Waals surface area contributed by atoms with Gasteiger partial charge in [-0.15, -0.1) is 0 Å². The van der Waals surface area contributed by atoms with Crippen LogP contribution in [0.15, 0.2) is 170 Å². The summed E-state index contributed by atoms with van der Waals surface area (Å²) in [5.41, 5.74) is 12.7. The molecular formula is C45H28N6. The monoisotopic (exact) mass is 652 g/mol. The Labute approximate surface area is 292 Å². The number of fused-ring (bicyclic) bond motifs is 9. The number of hydrogen-bond acceptors (Lipinski definition) is 3. The predicted molar refractivity (Wildman–Crippen MR) is 208 cm³/mol. The van der Waals surface area contributed by atoms with Crippen LogP contribution in [0.25, 0.3) is 94.6 Å². The maximum atomic E-state index is 5.25. The van der Waals surface area contributed by atoms with E-state index in [1.807, 2.05) is 30.3 Å². The number of benzene rings is 7. The molecule has 0 amide bonds. The summed E-state index contributed by atoms with van der Waals surface area (Å²) in [4.78, 5) is 15.5. The summed E-state index contributed by atoms with van der Waals surface area (Å²) in [7, 11) is 0. The highest BCUT2D eigenvalue weighted by molar-refractivity contribution is 6.10. The van der Waals surface area contributed by atoms with Gasteiger partial charge < -0.3 is 0 Å². The molecule has 6 heteroatoms. The smallest absolute Gasteiger partial charge is 0.235 e. The fraction of sp³-hybridized carbons (Fsp3) is 0. The summed E-state index contributed by atoms with van der Waals surface area (Å²) >= 11 is 0. The van der Waals surface area contributed by atoms with Crippen molar-refractivity contribution in [1.82, 2.24) is 28.5 Å². The average Bonchev–Trinajstić information content (AvgIpc) is 3.84. The van der Waals surface area contributed by atoms with Crippen LogP contribution in [0.2, 0.25) is 0 Å². The van der Waals surface area contributed by atoms with Crippen molar-refractivity contribution in [2.75, 3.05) is 0 Å². The van der Waals surface area contributed by atoms with Crippen molar-refractivity contribution in [1.29, 1.82) is 0 Å². The second-order valence-corrected chi connectivity index (χ2v) is 13.0. The highest BCUT2D eigenvalue weighted by Crippen LogP contribution is 2.37. The average molecular weight is 653 g/mol. The van der Waals surface area contributed by atoms with Gasteiger partial charge in [-0.1, -0.05) is 109 Å². The van der Waals surface area contributed by atoms with Crippen molar-refractivity contribution in [2.45, 2.75) is 0 Å². The van der Waals surface area contributed by atoms with E-state index in [1.54, 1.807) is 0 Å². The molecule has 0 unspecified atom stereocenters. The molecule has 6 nitrogen and oxygen atoms in total. The largest absolute Gasteiger partial charge is 0.278 e. The van der Waals surface area contributed by atoms with Gasteiger partial charge >= 0.3 is 0 Å². The Balaban J connectivity index is 1.14. The lowest BCUT2D eigenvalue weighted by molar-refractivity contribution is 1.01. The quantitative estimate of drug-likeness (QED) is 0.190. The number of imidazole rings is 2. The first-order chi connectivity index (χ1) is 25.3. The van der Waals surface area contributed by atoms with E-state index < -0.39 is 0 Å². The molecule has 0 spiro atoms. The molecule has 0 saturated carbocycles. The standard InChI is InChI=1S/C45H28N6/c1-3-13-29(14-4-1)43-34-18-7-9-19-36(34)46-44(48-43)50-38-21-11-8-17-33(38)35-27-30(23-25-39(35)50)31-24-26-41-42(28-31)51-40-22-12-10-20-37(40)47-45(51)49(41)32-15-5-2-6-16-32/h1-28H. The molecule has 0 atom stereocenters. The van der Waals surface area contributed by atoms with Crippen LogP contribution in [0.1, 0.15) is 0 Å². The molecule has 238 valence electrons. The van der Waals surface area contributed by atoms with Gasteiger partial charge in [-0.05, 0) is 71.8 Å². The number of aromatic nitrogens is 6. The molecule has 0 bridgehead atoms. The van der Waals surface area contributed by atoms with Gasteiger partial charge in [0.2, 0.25) is 11.7 Å². The molecular weight excluding hydrogens is 625 g/mol. The Bertz CT molecular complexity index is 3130. The molecule has 0 aliphatic rings. The molecule has 4 aromatic heterocycles. The summed E-state index contributed by atoms with van der Waals surface area (Å²) in [5, 5.41) is 3.35. The van der Waals surface area contributed by atoms with Gasteiger partial charge in [0.1, 0.15) is 0 Å². The van der Waals surface area contributed by atoms with Crippen molar-refractivity contribution in [2.24, 2.45) is 0 Å². The lowest BCUT2D eigenvalue weighted by atomic mass is 10.0. The van der Waals surface area contributed by atoms with Gasteiger partial charge in [-0.2, -0.15) is 0 Å². The summed E-state index contributed by atoms with van der Waals surface area (Å²) in [6.07, 6.45) is 0. The molecule has 11 rings (SSSR count). The Hall–Kier alpha value is -7.05. The third kappa shape index (κ3) is 4.14. The van der Waals surface area contributed by atoms with E-state index in [-0.39, 0.29) is 0 Å². The second kappa shape index (κ2) is 10.7. The summed E-state index contributed by atoms with van der Waals surface area (Å²) in [6.45, 7) is 0. The highest BCUT2D eigenvalue weighted by Gasteiger charge is 2.20. The minimum atomic E-state index is 0.657. The van der Waals surface area contributed by atoms with E-state index in [4.69, 9.17) is 15.0 Å². The molecule has 0 fully saturated rings. The molecule has 0 radical (unpaired) electrons. The van der Waals surface area contributed by atoms with Gasteiger partial charge in [-0.25, -0.2) is 15.0 Å². The fourth-order valence-corrected chi connectivity index (χ4v) is 7.76. The zero-order chi connectivity index (χ0) is 33.5. The van der Waals surface area contributed by atoms with Crippen LogP contribution < -0.4 is 0 Å². The Kier molecular flexibility index (Phi) is 5.86. The van der Waals surface area contributed by atoms with Crippen LogP contribution in [0, 0.1) is 0 Å². The first-order valence-electron chi connectivity index (χ1n) is 17.1. The lowest BCUT2D eigenvalue weighted by Crippen LogP contribution is -2.03. The van der Waals surface area contributed by atoms with Crippen LogP contribution in [-0.2, 0) is 0 Å². The maximum absolute atomic E-state index is 5.25. The number of para-hydroxylation sites is 5. The predicted octanol–water partition coefficient (Wildman–Crippen LogP) is 10.8. The molecule has 7 aromatic carbocycles. The van der Waals surface area contributed by atoms with Crippen LogP contribution in [0.3, 0.4) is 0 Å². The fourth-order valence-electron chi connectivity index (χ4n) is 7.76. The first kappa shape index (κ1) is 27.9. The molecule has 4 heterocycles. The number of nitrogens with zero attached hydrogens (tertiary/aromatic N) is 6. The number of hydrogen-bond donors (Lipinski definition) is 0. The van der Waals surface area contributed by atoms with E-state index in [9.17, 15) is 0 Å². The van der Waals surface area contributed by atoms with Gasteiger partial charge in [0.25, 0.3) is 0 Å². The van der Waals surface area contributed by atoms with Gasteiger partial charge in [-0.3, -0.25) is 13.5 Å². The van der Waals surface area contributed by atoms with Crippen LogP contribution in [0.4, 0.5) is 0 Å². The van der Waals surface area contributed by atoms with Crippen molar-refractivity contribution in [3.8, 4) is 34.0 Å². The SMILES string of the molecule is c1ccc(-c2nc(-n3c4ccccc4c4cc(-c5ccc6c(c5)n5c7ccccc7nc5n6-c5ccccc5)ccc43)nc3ccccc23)cc1.